The van der Waals surface area contributed by atoms with Gasteiger partial charge >= 0.3 is 0 Å². The Balaban J connectivity index is 1.38. The Morgan fingerprint density at radius 3 is 2.58 bits per heavy atom. The molecule has 1 aliphatic rings. The Morgan fingerprint density at radius 2 is 1.92 bits per heavy atom. The third kappa shape index (κ3) is 5.34. The second-order valence-corrected chi connectivity index (χ2v) is 7.18. The van der Waals surface area contributed by atoms with Gasteiger partial charge in [-0.25, -0.2) is 0 Å². The van der Waals surface area contributed by atoms with Crippen molar-refractivity contribution >= 4 is 29.4 Å². The number of aryl methyl sites for hydroxylation is 1. The van der Waals surface area contributed by atoms with Crippen LogP contribution in [0.1, 0.15) is 5.76 Å². The molecule has 0 unspecified atom stereocenters. The number of nitrogens with one attached hydrogen (secondary N) is 1. The van der Waals surface area contributed by atoms with Gasteiger partial charge in [-0.3, -0.25) is 14.5 Å². The van der Waals surface area contributed by atoms with Crippen LogP contribution in [0.15, 0.2) is 45.8 Å². The minimum atomic E-state index is -0.127. The maximum absolute atomic E-state index is 12.3. The average molecular weight is 374 g/mol. The number of benzene rings is 1. The molecule has 1 saturated heterocycles. The average Bonchev–Trinajstić information content (AvgIpc) is 3.05. The number of nitrogens with zero attached hydrogens (tertiary/aromatic N) is 3. The summed E-state index contributed by atoms with van der Waals surface area (Å²) in [6.45, 7) is 4.72. The van der Waals surface area contributed by atoms with E-state index in [9.17, 15) is 9.59 Å². The highest BCUT2D eigenvalue weighted by Gasteiger charge is 2.22. The summed E-state index contributed by atoms with van der Waals surface area (Å²) >= 11 is 1.55. The Morgan fingerprint density at radius 1 is 1.19 bits per heavy atom. The number of anilines is 1. The SMILES string of the molecule is Cc1cc(NC(=O)CN2CCN(C(=O)CSc3ccccc3)CC2)no1. The van der Waals surface area contributed by atoms with Crippen molar-refractivity contribution in [2.75, 3.05) is 43.8 Å². The number of piperazine rings is 1. The summed E-state index contributed by atoms with van der Waals surface area (Å²) in [6, 6.07) is 11.6. The number of carbonyl (C=O) groups is 2. The van der Waals surface area contributed by atoms with Crippen LogP contribution in [0.25, 0.3) is 0 Å². The van der Waals surface area contributed by atoms with Crippen molar-refractivity contribution in [3.63, 3.8) is 0 Å². The molecule has 0 saturated carbocycles. The smallest absolute Gasteiger partial charge is 0.239 e. The van der Waals surface area contributed by atoms with Crippen LogP contribution >= 0.6 is 11.8 Å². The molecule has 2 heterocycles. The Labute approximate surface area is 156 Å². The zero-order valence-electron chi connectivity index (χ0n) is 14.7. The molecule has 1 fully saturated rings. The summed E-state index contributed by atoms with van der Waals surface area (Å²) in [5, 5.41) is 6.46. The summed E-state index contributed by atoms with van der Waals surface area (Å²) < 4.78 is 4.93. The molecule has 26 heavy (non-hydrogen) atoms. The largest absolute Gasteiger partial charge is 0.360 e. The number of thioether (sulfide) groups is 1. The summed E-state index contributed by atoms with van der Waals surface area (Å²) in [4.78, 5) is 29.4. The normalized spacial score (nSPS) is 15.0. The van der Waals surface area contributed by atoms with Crippen LogP contribution in [-0.4, -0.2) is 65.2 Å². The molecule has 7 nitrogen and oxygen atoms in total. The maximum Gasteiger partial charge on any atom is 0.239 e. The molecule has 8 heteroatoms. The Kier molecular flexibility index (Phi) is 6.30. The molecule has 0 aliphatic carbocycles. The van der Waals surface area contributed by atoms with Gasteiger partial charge in [0.2, 0.25) is 11.8 Å². The van der Waals surface area contributed by atoms with Crippen LogP contribution in [0, 0.1) is 6.92 Å². The van der Waals surface area contributed by atoms with E-state index in [0.29, 0.717) is 43.5 Å². The number of aromatic nitrogens is 1. The summed E-state index contributed by atoms with van der Waals surface area (Å²) in [7, 11) is 0. The summed E-state index contributed by atoms with van der Waals surface area (Å²) in [5.41, 5.74) is 0. The molecule has 3 rings (SSSR count). The highest BCUT2D eigenvalue weighted by Crippen LogP contribution is 2.18. The van der Waals surface area contributed by atoms with Crippen molar-refractivity contribution in [2.45, 2.75) is 11.8 Å². The highest BCUT2D eigenvalue weighted by atomic mass is 32.2. The lowest BCUT2D eigenvalue weighted by molar-refractivity contribution is -0.130. The number of hydrogen-bond acceptors (Lipinski definition) is 6. The van der Waals surface area contributed by atoms with Crippen LogP contribution < -0.4 is 5.32 Å². The van der Waals surface area contributed by atoms with Gasteiger partial charge in [0.1, 0.15) is 5.76 Å². The molecule has 1 N–H and O–H groups in total. The van der Waals surface area contributed by atoms with Gasteiger partial charge in [0.25, 0.3) is 0 Å². The first-order valence-corrected chi connectivity index (χ1v) is 9.50. The monoisotopic (exact) mass is 374 g/mol. The molecule has 0 spiro atoms. The Hall–Kier alpha value is -2.32. The molecule has 0 radical (unpaired) electrons. The van der Waals surface area contributed by atoms with Crippen molar-refractivity contribution < 1.29 is 14.1 Å². The van der Waals surface area contributed by atoms with E-state index >= 15 is 0 Å². The van der Waals surface area contributed by atoms with Crippen LogP contribution in [-0.2, 0) is 9.59 Å². The van der Waals surface area contributed by atoms with Crippen LogP contribution in [0.2, 0.25) is 0 Å². The van der Waals surface area contributed by atoms with Crippen molar-refractivity contribution in [2.24, 2.45) is 0 Å². The first-order chi connectivity index (χ1) is 12.6. The zero-order chi connectivity index (χ0) is 18.4. The third-order valence-corrected chi connectivity index (χ3v) is 5.09. The van der Waals surface area contributed by atoms with Crippen molar-refractivity contribution in [3.8, 4) is 0 Å². The van der Waals surface area contributed by atoms with Crippen LogP contribution in [0.4, 0.5) is 5.82 Å². The molecule has 1 aliphatic heterocycles. The minimum absolute atomic E-state index is 0.127. The van der Waals surface area contributed by atoms with E-state index < -0.39 is 0 Å². The van der Waals surface area contributed by atoms with E-state index in [4.69, 9.17) is 4.52 Å². The van der Waals surface area contributed by atoms with E-state index in [1.165, 1.54) is 0 Å². The van der Waals surface area contributed by atoms with Gasteiger partial charge in [0, 0.05) is 37.1 Å². The van der Waals surface area contributed by atoms with Crippen molar-refractivity contribution in [1.82, 2.24) is 15.0 Å². The highest BCUT2D eigenvalue weighted by molar-refractivity contribution is 8.00. The van der Waals surface area contributed by atoms with Gasteiger partial charge in [-0.15, -0.1) is 11.8 Å². The van der Waals surface area contributed by atoms with E-state index in [0.717, 1.165) is 4.90 Å². The van der Waals surface area contributed by atoms with Gasteiger partial charge in [-0.05, 0) is 19.1 Å². The fourth-order valence-electron chi connectivity index (χ4n) is 2.72. The van der Waals surface area contributed by atoms with E-state index in [2.05, 4.69) is 10.5 Å². The third-order valence-electron chi connectivity index (χ3n) is 4.09. The standard InChI is InChI=1S/C18H22N4O3S/c1-14-11-16(20-25-14)19-17(23)12-21-7-9-22(10-8-21)18(24)13-26-15-5-3-2-4-6-15/h2-6,11H,7-10,12-13H2,1H3,(H,19,20,23). The second-order valence-electron chi connectivity index (χ2n) is 6.13. The van der Waals surface area contributed by atoms with Gasteiger partial charge in [0.15, 0.2) is 5.82 Å². The fourth-order valence-corrected chi connectivity index (χ4v) is 3.54. The second kappa shape index (κ2) is 8.86. The van der Waals surface area contributed by atoms with Gasteiger partial charge < -0.3 is 14.7 Å². The lowest BCUT2D eigenvalue weighted by atomic mass is 10.3. The lowest BCUT2D eigenvalue weighted by Gasteiger charge is -2.34. The molecule has 0 atom stereocenters. The van der Waals surface area contributed by atoms with Crippen LogP contribution in [0.3, 0.4) is 0 Å². The van der Waals surface area contributed by atoms with E-state index in [1.807, 2.05) is 40.1 Å². The molecule has 2 aromatic rings. The summed E-state index contributed by atoms with van der Waals surface area (Å²) in [6.07, 6.45) is 0. The van der Waals surface area contributed by atoms with E-state index in [1.54, 1.807) is 24.8 Å². The molecule has 1 aromatic carbocycles. The molecule has 138 valence electrons. The van der Waals surface area contributed by atoms with Gasteiger partial charge in [0.05, 0.1) is 12.3 Å². The number of amides is 2. The number of carbonyl (C=O) groups excluding carboxylic acids is 2. The minimum Gasteiger partial charge on any atom is -0.360 e. The van der Waals surface area contributed by atoms with Crippen molar-refractivity contribution in [1.29, 1.82) is 0 Å². The van der Waals surface area contributed by atoms with Gasteiger partial charge in [-0.1, -0.05) is 23.4 Å². The maximum atomic E-state index is 12.3. The fraction of sp³-hybridized carbons (Fsp3) is 0.389. The van der Waals surface area contributed by atoms with Gasteiger partial charge in [-0.2, -0.15) is 0 Å². The molecular weight excluding hydrogens is 352 g/mol. The number of hydrogen-bond donors (Lipinski definition) is 1. The molecule has 1 aromatic heterocycles. The summed E-state index contributed by atoms with van der Waals surface area (Å²) in [5.74, 6) is 1.54. The number of rotatable bonds is 6. The quantitative estimate of drug-likeness (QED) is 0.778. The first-order valence-electron chi connectivity index (χ1n) is 8.51. The van der Waals surface area contributed by atoms with Crippen molar-refractivity contribution in [3.05, 3.63) is 42.2 Å². The molecular formula is C18H22N4O3S. The predicted octanol–water partition coefficient (Wildman–Crippen LogP) is 1.86. The van der Waals surface area contributed by atoms with E-state index in [-0.39, 0.29) is 18.4 Å². The van der Waals surface area contributed by atoms with Crippen LogP contribution in [0.5, 0.6) is 0 Å². The topological polar surface area (TPSA) is 78.7 Å². The lowest BCUT2D eigenvalue weighted by Crippen LogP contribution is -2.50. The first kappa shape index (κ1) is 18.5. The zero-order valence-corrected chi connectivity index (χ0v) is 15.5. The molecule has 2 amide bonds. The Bertz CT molecular complexity index is 742. The molecule has 0 bridgehead atoms. The predicted molar refractivity (Wildman–Crippen MR) is 100 cm³/mol.